The lowest BCUT2D eigenvalue weighted by Crippen LogP contribution is -2.07. The molecule has 3 atom stereocenters. The summed E-state index contributed by atoms with van der Waals surface area (Å²) in [4.78, 5) is 0. The molecule has 0 aromatic carbocycles. The van der Waals surface area contributed by atoms with Crippen LogP contribution >= 0.6 is 0 Å². The molecule has 1 saturated carbocycles. The molecule has 1 aromatic rings. The largest absolute Gasteiger partial charge is 0.463 e. The Morgan fingerprint density at radius 2 is 2.18 bits per heavy atom. The van der Waals surface area contributed by atoms with Gasteiger partial charge in [-0.25, -0.2) is 8.42 Å². The normalized spacial score (nSPS) is 25.8. The van der Waals surface area contributed by atoms with Crippen molar-refractivity contribution in [2.24, 2.45) is 5.92 Å². The quantitative estimate of drug-likeness (QED) is 0.875. The minimum Gasteiger partial charge on any atom is -0.463 e. The fourth-order valence-electron chi connectivity index (χ4n) is 1.93. The number of hydrogen-bond acceptors (Lipinski definition) is 4. The Morgan fingerprint density at radius 1 is 1.53 bits per heavy atom. The van der Waals surface area contributed by atoms with Crippen molar-refractivity contribution in [3.63, 3.8) is 0 Å². The zero-order valence-electron chi connectivity index (χ0n) is 10.1. The first kappa shape index (κ1) is 12.6. The van der Waals surface area contributed by atoms with E-state index in [1.807, 2.05) is 6.07 Å². The van der Waals surface area contributed by atoms with Crippen LogP contribution < -0.4 is 0 Å². The Kier molecular flexibility index (Phi) is 3.32. The SMILES string of the molecule is CC1CC1c1ccc(C(O)CCS(C)(=O)=O)o1. The maximum absolute atomic E-state index is 11.0. The molecule has 0 aliphatic heterocycles. The number of furan rings is 1. The van der Waals surface area contributed by atoms with E-state index in [-0.39, 0.29) is 12.2 Å². The Labute approximate surface area is 102 Å². The van der Waals surface area contributed by atoms with Crippen LogP contribution in [0.15, 0.2) is 16.5 Å². The highest BCUT2D eigenvalue weighted by atomic mass is 32.2. The Morgan fingerprint density at radius 3 is 2.71 bits per heavy atom. The van der Waals surface area contributed by atoms with Crippen LogP contribution in [0.5, 0.6) is 0 Å². The van der Waals surface area contributed by atoms with Crippen LogP contribution in [0.25, 0.3) is 0 Å². The molecular formula is C12H18O4S. The molecule has 0 amide bonds. The zero-order valence-corrected chi connectivity index (χ0v) is 10.9. The lowest BCUT2D eigenvalue weighted by Gasteiger charge is -2.06. The number of hydrogen-bond donors (Lipinski definition) is 1. The van der Waals surface area contributed by atoms with Gasteiger partial charge in [0.2, 0.25) is 0 Å². The lowest BCUT2D eigenvalue weighted by molar-refractivity contribution is 0.144. The predicted molar refractivity (Wildman–Crippen MR) is 64.5 cm³/mol. The molecule has 17 heavy (non-hydrogen) atoms. The van der Waals surface area contributed by atoms with Gasteiger partial charge in [-0.15, -0.1) is 0 Å². The van der Waals surface area contributed by atoms with E-state index < -0.39 is 15.9 Å². The van der Waals surface area contributed by atoms with E-state index in [0.717, 1.165) is 12.2 Å². The standard InChI is InChI=1S/C12H18O4S/c1-8-7-9(8)11-3-4-12(16-11)10(13)5-6-17(2,14)15/h3-4,8-10,13H,5-7H2,1-2H3. The van der Waals surface area contributed by atoms with Gasteiger partial charge in [-0.05, 0) is 30.9 Å². The first-order chi connectivity index (χ1) is 7.87. The second kappa shape index (κ2) is 4.46. The lowest BCUT2D eigenvalue weighted by atomic mass is 10.2. The average Bonchev–Trinajstić information content (AvgIpc) is 2.79. The molecular weight excluding hydrogens is 240 g/mol. The van der Waals surface area contributed by atoms with Gasteiger partial charge in [0.1, 0.15) is 27.5 Å². The first-order valence-electron chi connectivity index (χ1n) is 5.82. The molecule has 2 rings (SSSR count). The summed E-state index contributed by atoms with van der Waals surface area (Å²) in [5.74, 6) is 2.49. The molecule has 1 aliphatic carbocycles. The molecule has 1 fully saturated rings. The number of sulfone groups is 1. The third kappa shape index (κ3) is 3.33. The number of rotatable bonds is 5. The van der Waals surface area contributed by atoms with E-state index in [1.165, 1.54) is 6.26 Å². The summed E-state index contributed by atoms with van der Waals surface area (Å²) in [6.07, 6.45) is 1.66. The van der Waals surface area contributed by atoms with Crippen molar-refractivity contribution in [2.75, 3.05) is 12.0 Å². The van der Waals surface area contributed by atoms with Gasteiger partial charge < -0.3 is 9.52 Å². The minimum atomic E-state index is -3.03. The second-order valence-electron chi connectivity index (χ2n) is 4.99. The van der Waals surface area contributed by atoms with Crippen LogP contribution in [0.2, 0.25) is 0 Å². The van der Waals surface area contributed by atoms with Gasteiger partial charge in [-0.1, -0.05) is 6.92 Å². The van der Waals surface area contributed by atoms with Crippen molar-refractivity contribution in [3.05, 3.63) is 23.7 Å². The van der Waals surface area contributed by atoms with Gasteiger partial charge >= 0.3 is 0 Å². The van der Waals surface area contributed by atoms with Gasteiger partial charge in [0.05, 0.1) is 5.75 Å². The summed E-state index contributed by atoms with van der Waals surface area (Å²) in [6.45, 7) is 2.16. The van der Waals surface area contributed by atoms with Crippen molar-refractivity contribution < 1.29 is 17.9 Å². The summed E-state index contributed by atoms with van der Waals surface area (Å²) >= 11 is 0. The van der Waals surface area contributed by atoms with Crippen LogP contribution in [-0.4, -0.2) is 25.5 Å². The number of aliphatic hydroxyl groups excluding tert-OH is 1. The molecule has 4 nitrogen and oxygen atoms in total. The molecule has 1 aromatic heterocycles. The topological polar surface area (TPSA) is 67.5 Å². The van der Waals surface area contributed by atoms with E-state index in [0.29, 0.717) is 17.6 Å². The third-order valence-corrected chi connectivity index (χ3v) is 4.19. The van der Waals surface area contributed by atoms with Crippen molar-refractivity contribution in [1.29, 1.82) is 0 Å². The van der Waals surface area contributed by atoms with E-state index >= 15 is 0 Å². The Bertz CT molecular complexity index is 488. The number of aliphatic hydroxyl groups is 1. The van der Waals surface area contributed by atoms with Gasteiger partial charge in [0.15, 0.2) is 0 Å². The second-order valence-corrected chi connectivity index (χ2v) is 7.25. The van der Waals surface area contributed by atoms with Gasteiger partial charge in [-0.2, -0.15) is 0 Å². The van der Waals surface area contributed by atoms with Crippen LogP contribution in [-0.2, 0) is 9.84 Å². The highest BCUT2D eigenvalue weighted by molar-refractivity contribution is 7.90. The van der Waals surface area contributed by atoms with Gasteiger partial charge in [0, 0.05) is 12.2 Å². The maximum atomic E-state index is 11.0. The molecule has 1 aliphatic rings. The summed E-state index contributed by atoms with van der Waals surface area (Å²) < 4.78 is 27.5. The van der Waals surface area contributed by atoms with E-state index in [2.05, 4.69) is 6.92 Å². The fraction of sp³-hybridized carbons (Fsp3) is 0.667. The summed E-state index contributed by atoms with van der Waals surface area (Å²) in [5.41, 5.74) is 0. The molecule has 5 heteroatoms. The summed E-state index contributed by atoms with van der Waals surface area (Å²) in [5, 5.41) is 9.81. The van der Waals surface area contributed by atoms with Crippen LogP contribution in [0, 0.1) is 5.92 Å². The van der Waals surface area contributed by atoms with Crippen LogP contribution in [0.1, 0.15) is 43.3 Å². The van der Waals surface area contributed by atoms with Crippen molar-refractivity contribution in [3.8, 4) is 0 Å². The average molecular weight is 258 g/mol. The third-order valence-electron chi connectivity index (χ3n) is 3.21. The molecule has 0 bridgehead atoms. The van der Waals surface area contributed by atoms with E-state index in [9.17, 15) is 13.5 Å². The van der Waals surface area contributed by atoms with Crippen molar-refractivity contribution in [1.82, 2.24) is 0 Å². The first-order valence-corrected chi connectivity index (χ1v) is 7.88. The monoisotopic (exact) mass is 258 g/mol. The molecule has 1 N–H and O–H groups in total. The maximum Gasteiger partial charge on any atom is 0.147 e. The van der Waals surface area contributed by atoms with E-state index in [4.69, 9.17) is 4.42 Å². The minimum absolute atomic E-state index is 0.0238. The van der Waals surface area contributed by atoms with Crippen LogP contribution in [0.3, 0.4) is 0 Å². The highest BCUT2D eigenvalue weighted by Crippen LogP contribution is 2.47. The molecule has 1 heterocycles. The molecule has 0 spiro atoms. The van der Waals surface area contributed by atoms with Crippen molar-refractivity contribution >= 4 is 9.84 Å². The predicted octanol–water partition coefficient (Wildman–Crippen LogP) is 1.87. The van der Waals surface area contributed by atoms with Crippen LogP contribution in [0.4, 0.5) is 0 Å². The molecule has 3 unspecified atom stereocenters. The fourth-order valence-corrected chi connectivity index (χ4v) is 2.58. The van der Waals surface area contributed by atoms with Crippen molar-refractivity contribution in [2.45, 2.75) is 31.8 Å². The molecule has 96 valence electrons. The highest BCUT2D eigenvalue weighted by Gasteiger charge is 2.36. The molecule has 0 radical (unpaired) electrons. The summed E-state index contributed by atoms with van der Waals surface area (Å²) in [6, 6.07) is 3.63. The Balaban J connectivity index is 1.95. The Hall–Kier alpha value is -0.810. The van der Waals surface area contributed by atoms with Gasteiger partial charge in [-0.3, -0.25) is 0 Å². The summed E-state index contributed by atoms with van der Waals surface area (Å²) in [7, 11) is -3.03. The molecule has 0 saturated heterocycles. The smallest absolute Gasteiger partial charge is 0.147 e. The van der Waals surface area contributed by atoms with E-state index in [1.54, 1.807) is 6.07 Å². The zero-order chi connectivity index (χ0) is 12.6. The van der Waals surface area contributed by atoms with Gasteiger partial charge in [0.25, 0.3) is 0 Å².